The largest absolute Gasteiger partial charge is 0.508 e. The van der Waals surface area contributed by atoms with Gasteiger partial charge in [0, 0.05) is 19.0 Å². The summed E-state index contributed by atoms with van der Waals surface area (Å²) < 4.78 is 2.93. The summed E-state index contributed by atoms with van der Waals surface area (Å²) in [5.41, 5.74) is 1.88. The summed E-state index contributed by atoms with van der Waals surface area (Å²) in [6, 6.07) is 11.4. The lowest BCUT2D eigenvalue weighted by Crippen LogP contribution is -2.10. The number of phenols is 1. The van der Waals surface area contributed by atoms with Crippen molar-refractivity contribution in [3.05, 3.63) is 55.4 Å². The lowest BCUT2D eigenvalue weighted by atomic mass is 10.0. The quantitative estimate of drug-likeness (QED) is 0.562. The molecule has 0 spiro atoms. The van der Waals surface area contributed by atoms with Crippen molar-refractivity contribution < 1.29 is 5.11 Å². The number of hydrogen-bond donors (Lipinski definition) is 2. The Balaban J connectivity index is 2.35. The minimum atomic E-state index is 0.0463. The van der Waals surface area contributed by atoms with Crippen LogP contribution in [-0.2, 0) is 0 Å². The highest BCUT2D eigenvalue weighted by Crippen LogP contribution is 2.38. The molecule has 5 heteroatoms. The minimum absolute atomic E-state index is 0.0463. The molecule has 2 aromatic rings. The molecule has 2 nitrogen and oxygen atoms in total. The zero-order valence-corrected chi connectivity index (χ0v) is 15.6. The Labute approximate surface area is 144 Å². The van der Waals surface area contributed by atoms with Crippen LogP contribution in [0.1, 0.15) is 24.9 Å². The summed E-state index contributed by atoms with van der Waals surface area (Å²) in [5, 5.41) is 13.5. The highest BCUT2D eigenvalue weighted by atomic mass is 79.9. The van der Waals surface area contributed by atoms with Crippen LogP contribution in [0.4, 0.5) is 5.69 Å². The topological polar surface area (TPSA) is 32.3 Å². The van der Waals surface area contributed by atoms with Gasteiger partial charge in [-0.2, -0.15) is 0 Å². The van der Waals surface area contributed by atoms with Crippen LogP contribution in [0.3, 0.4) is 0 Å². The fourth-order valence-corrected chi connectivity index (χ4v) is 4.52. The number of rotatable bonds is 4. The second-order valence-corrected chi connectivity index (χ2v) is 7.03. The minimum Gasteiger partial charge on any atom is -0.508 e. The maximum atomic E-state index is 10.0. The van der Waals surface area contributed by atoms with E-state index in [0.717, 1.165) is 31.1 Å². The predicted molar refractivity (Wildman–Crippen MR) is 94.3 cm³/mol. The molecule has 2 rings (SSSR count). The van der Waals surface area contributed by atoms with E-state index in [1.54, 1.807) is 6.07 Å². The Morgan fingerprint density at radius 1 is 1.10 bits per heavy atom. The first kappa shape index (κ1) is 15.9. The predicted octanol–water partition coefficient (Wildman–Crippen LogP) is 6.24. The van der Waals surface area contributed by atoms with Gasteiger partial charge in [0.25, 0.3) is 0 Å². The molecule has 20 heavy (non-hydrogen) atoms. The highest BCUT2D eigenvalue weighted by Gasteiger charge is 2.16. The van der Waals surface area contributed by atoms with Gasteiger partial charge in [-0.1, -0.05) is 41.1 Å². The summed E-state index contributed by atoms with van der Waals surface area (Å²) >= 11 is 10.6. The Bertz CT molecular complexity index is 593. The van der Waals surface area contributed by atoms with E-state index >= 15 is 0 Å². The van der Waals surface area contributed by atoms with E-state index in [2.05, 4.69) is 60.0 Å². The first-order valence-corrected chi connectivity index (χ1v) is 8.59. The van der Waals surface area contributed by atoms with Crippen LogP contribution in [0.15, 0.2) is 49.8 Å². The number of phenolic OH excluding ortho intramolecular Hbond substituents is 1. The molecule has 2 N–H and O–H groups in total. The Hall–Kier alpha value is -0.520. The molecule has 1 atom stereocenters. The second kappa shape index (κ2) is 6.96. The number of aromatic hydroxyl groups is 1. The Kier molecular flexibility index (Phi) is 5.52. The summed E-state index contributed by atoms with van der Waals surface area (Å²) in [5.74, 6) is 0.316. The third-order valence-electron chi connectivity index (χ3n) is 3.05. The van der Waals surface area contributed by atoms with Crippen LogP contribution in [-0.4, -0.2) is 5.11 Å². The molecule has 0 heterocycles. The van der Waals surface area contributed by atoms with E-state index in [-0.39, 0.29) is 6.04 Å². The first-order valence-electron chi connectivity index (χ1n) is 6.22. The van der Waals surface area contributed by atoms with Gasteiger partial charge in [0.15, 0.2) is 0 Å². The number of benzene rings is 2. The molecule has 0 saturated carbocycles. The third-order valence-corrected chi connectivity index (χ3v) is 4.75. The fraction of sp³-hybridized carbons (Fsp3) is 0.200. The molecule has 0 bridgehead atoms. The standard InChI is InChI=1S/C15H14Br3NO/c1-2-13(10-5-3-4-6-14(10)20)19-15-11(17)7-9(16)8-12(15)18/h3-8,13,19-20H,2H2,1H3. The third kappa shape index (κ3) is 3.57. The van der Waals surface area contributed by atoms with Crippen molar-refractivity contribution in [2.45, 2.75) is 19.4 Å². The van der Waals surface area contributed by atoms with Crippen LogP contribution >= 0.6 is 47.8 Å². The lowest BCUT2D eigenvalue weighted by molar-refractivity contribution is 0.462. The molecular formula is C15H14Br3NO. The number of halogens is 3. The van der Waals surface area contributed by atoms with Crippen molar-refractivity contribution in [1.82, 2.24) is 0 Å². The number of anilines is 1. The van der Waals surface area contributed by atoms with Gasteiger partial charge in [-0.25, -0.2) is 0 Å². The molecular weight excluding hydrogens is 450 g/mol. The zero-order valence-electron chi connectivity index (χ0n) is 10.8. The fourth-order valence-electron chi connectivity index (χ4n) is 2.04. The van der Waals surface area contributed by atoms with Crippen LogP contribution < -0.4 is 5.32 Å². The van der Waals surface area contributed by atoms with Gasteiger partial charge in [-0.15, -0.1) is 0 Å². The van der Waals surface area contributed by atoms with Gasteiger partial charge in [-0.05, 0) is 56.5 Å². The molecule has 0 aliphatic carbocycles. The van der Waals surface area contributed by atoms with Gasteiger partial charge in [0.1, 0.15) is 5.75 Å². The van der Waals surface area contributed by atoms with Crippen LogP contribution in [0.2, 0.25) is 0 Å². The SMILES string of the molecule is CCC(Nc1c(Br)cc(Br)cc1Br)c1ccccc1O. The smallest absolute Gasteiger partial charge is 0.120 e. The lowest BCUT2D eigenvalue weighted by Gasteiger charge is -2.21. The van der Waals surface area contributed by atoms with E-state index in [1.807, 2.05) is 30.3 Å². The zero-order chi connectivity index (χ0) is 14.7. The van der Waals surface area contributed by atoms with Gasteiger partial charge in [-0.3, -0.25) is 0 Å². The molecule has 106 valence electrons. The molecule has 0 amide bonds. The van der Waals surface area contributed by atoms with Gasteiger partial charge < -0.3 is 10.4 Å². The van der Waals surface area contributed by atoms with E-state index in [1.165, 1.54) is 0 Å². The van der Waals surface area contributed by atoms with Crippen molar-refractivity contribution in [3.63, 3.8) is 0 Å². The van der Waals surface area contributed by atoms with Crippen molar-refractivity contribution in [2.75, 3.05) is 5.32 Å². The summed E-state index contributed by atoms with van der Waals surface area (Å²) in [6.07, 6.45) is 0.868. The molecule has 0 aliphatic rings. The highest BCUT2D eigenvalue weighted by molar-refractivity contribution is 9.11. The Morgan fingerprint density at radius 2 is 1.70 bits per heavy atom. The maximum absolute atomic E-state index is 10.0. The van der Waals surface area contributed by atoms with Crippen molar-refractivity contribution >= 4 is 53.5 Å². The van der Waals surface area contributed by atoms with Crippen molar-refractivity contribution in [1.29, 1.82) is 0 Å². The van der Waals surface area contributed by atoms with Gasteiger partial charge in [0.05, 0.1) is 11.7 Å². The van der Waals surface area contributed by atoms with Gasteiger partial charge in [0.2, 0.25) is 0 Å². The van der Waals surface area contributed by atoms with Gasteiger partial charge >= 0.3 is 0 Å². The van der Waals surface area contributed by atoms with Crippen LogP contribution in [0.25, 0.3) is 0 Å². The average molecular weight is 464 g/mol. The molecule has 0 saturated heterocycles. The van der Waals surface area contributed by atoms with E-state index < -0.39 is 0 Å². The monoisotopic (exact) mass is 461 g/mol. The number of para-hydroxylation sites is 1. The summed E-state index contributed by atoms with van der Waals surface area (Å²) in [7, 11) is 0. The first-order chi connectivity index (χ1) is 9.52. The molecule has 2 aromatic carbocycles. The van der Waals surface area contributed by atoms with E-state index in [4.69, 9.17) is 0 Å². The van der Waals surface area contributed by atoms with Crippen molar-refractivity contribution in [3.8, 4) is 5.75 Å². The molecule has 0 radical (unpaired) electrons. The maximum Gasteiger partial charge on any atom is 0.120 e. The summed E-state index contributed by atoms with van der Waals surface area (Å²) in [6.45, 7) is 2.09. The molecule has 1 unspecified atom stereocenters. The van der Waals surface area contributed by atoms with E-state index in [0.29, 0.717) is 5.75 Å². The second-order valence-electron chi connectivity index (χ2n) is 4.41. The number of nitrogens with one attached hydrogen (secondary N) is 1. The molecule has 0 fully saturated rings. The van der Waals surface area contributed by atoms with Crippen LogP contribution in [0, 0.1) is 0 Å². The Morgan fingerprint density at radius 3 is 2.25 bits per heavy atom. The van der Waals surface area contributed by atoms with E-state index in [9.17, 15) is 5.11 Å². The summed E-state index contributed by atoms with van der Waals surface area (Å²) in [4.78, 5) is 0. The average Bonchev–Trinajstić information content (AvgIpc) is 2.39. The normalized spacial score (nSPS) is 12.2. The van der Waals surface area contributed by atoms with Crippen molar-refractivity contribution in [2.24, 2.45) is 0 Å². The molecule has 0 aromatic heterocycles. The van der Waals surface area contributed by atoms with Crippen LogP contribution in [0.5, 0.6) is 5.75 Å². The number of hydrogen-bond acceptors (Lipinski definition) is 2. The molecule has 0 aliphatic heterocycles.